The van der Waals surface area contributed by atoms with E-state index in [2.05, 4.69) is 53.3 Å². The maximum atomic E-state index is 12.1. The highest BCUT2D eigenvalue weighted by atomic mass is 127. The molecule has 5 heteroatoms. The number of aromatic nitrogens is 2. The molecule has 0 unspecified atom stereocenters. The van der Waals surface area contributed by atoms with Crippen molar-refractivity contribution in [2.24, 2.45) is 0 Å². The van der Waals surface area contributed by atoms with E-state index in [4.69, 9.17) is 4.74 Å². The van der Waals surface area contributed by atoms with Crippen molar-refractivity contribution in [3.05, 3.63) is 43.9 Å². The quantitative estimate of drug-likeness (QED) is 0.802. The summed E-state index contributed by atoms with van der Waals surface area (Å²) in [5, 5.41) is 0. The van der Waals surface area contributed by atoms with Crippen molar-refractivity contribution in [2.45, 2.75) is 33.1 Å². The smallest absolute Gasteiger partial charge is 0.264 e. The van der Waals surface area contributed by atoms with E-state index in [1.165, 1.54) is 0 Å². The second-order valence-corrected chi connectivity index (χ2v) is 6.86. The maximum absolute atomic E-state index is 12.1. The Morgan fingerprint density at radius 1 is 1.24 bits per heavy atom. The van der Waals surface area contributed by atoms with Crippen LogP contribution in [0.5, 0.6) is 5.75 Å². The highest BCUT2D eigenvalue weighted by Crippen LogP contribution is 2.26. The van der Waals surface area contributed by atoms with Gasteiger partial charge in [-0.25, -0.2) is 4.98 Å². The fourth-order valence-corrected chi connectivity index (χ4v) is 3.03. The first-order valence-electron chi connectivity index (χ1n) is 6.86. The summed E-state index contributed by atoms with van der Waals surface area (Å²) < 4.78 is 6.07. The summed E-state index contributed by atoms with van der Waals surface area (Å²) >= 11 is 2.06. The summed E-state index contributed by atoms with van der Waals surface area (Å²) in [6.07, 6.45) is 0. The van der Waals surface area contributed by atoms with Crippen molar-refractivity contribution in [1.82, 2.24) is 9.97 Å². The van der Waals surface area contributed by atoms with Crippen LogP contribution in [0.4, 0.5) is 0 Å². The molecule has 0 saturated carbocycles. The molecule has 0 bridgehead atoms. The molecule has 0 aliphatic rings. The summed E-state index contributed by atoms with van der Waals surface area (Å²) in [4.78, 5) is 19.6. The highest BCUT2D eigenvalue weighted by molar-refractivity contribution is 14.1. The van der Waals surface area contributed by atoms with Crippen LogP contribution in [0.1, 0.15) is 33.4 Å². The van der Waals surface area contributed by atoms with E-state index in [1.807, 2.05) is 31.2 Å². The Balaban J connectivity index is 2.49. The lowest BCUT2D eigenvalue weighted by atomic mass is 9.92. The van der Waals surface area contributed by atoms with Gasteiger partial charge in [0.1, 0.15) is 15.1 Å². The molecule has 0 amide bonds. The van der Waals surface area contributed by atoms with Gasteiger partial charge in [0, 0.05) is 11.0 Å². The minimum absolute atomic E-state index is 0.0978. The van der Waals surface area contributed by atoms with Gasteiger partial charge >= 0.3 is 0 Å². The summed E-state index contributed by atoms with van der Waals surface area (Å²) in [5.41, 5.74) is 1.41. The lowest BCUT2D eigenvalue weighted by molar-refractivity contribution is 0.340. The molecule has 2 rings (SSSR count). The average Bonchev–Trinajstić information content (AvgIpc) is 2.41. The van der Waals surface area contributed by atoms with Crippen LogP contribution in [0.3, 0.4) is 0 Å². The van der Waals surface area contributed by atoms with E-state index >= 15 is 0 Å². The number of halogens is 1. The molecule has 112 valence electrons. The molecule has 1 heterocycles. The van der Waals surface area contributed by atoms with Crippen LogP contribution >= 0.6 is 22.6 Å². The molecule has 2 aromatic rings. The lowest BCUT2D eigenvalue weighted by Crippen LogP contribution is -2.24. The third-order valence-corrected chi connectivity index (χ3v) is 4.01. The van der Waals surface area contributed by atoms with Gasteiger partial charge in [0.15, 0.2) is 0 Å². The summed E-state index contributed by atoms with van der Waals surface area (Å²) in [5.74, 6) is 1.40. The first-order valence-corrected chi connectivity index (χ1v) is 7.94. The molecule has 1 N–H and O–H groups in total. The van der Waals surface area contributed by atoms with Crippen LogP contribution in [-0.2, 0) is 5.41 Å². The molecule has 0 fully saturated rings. The Labute approximate surface area is 138 Å². The van der Waals surface area contributed by atoms with Crippen LogP contribution in [0.15, 0.2) is 29.1 Å². The van der Waals surface area contributed by atoms with Crippen LogP contribution in [0.2, 0.25) is 0 Å². The Hall–Kier alpha value is -1.37. The van der Waals surface area contributed by atoms with Gasteiger partial charge in [-0.05, 0) is 53.8 Å². The summed E-state index contributed by atoms with van der Waals surface area (Å²) in [6, 6.07) is 7.58. The van der Waals surface area contributed by atoms with Crippen LogP contribution in [0, 0.1) is 3.57 Å². The van der Waals surface area contributed by atoms with Gasteiger partial charge < -0.3 is 9.72 Å². The second-order valence-electron chi connectivity index (χ2n) is 5.78. The molecule has 0 aliphatic heterocycles. The predicted molar refractivity (Wildman–Crippen MR) is 92.9 cm³/mol. The Morgan fingerprint density at radius 3 is 2.38 bits per heavy atom. The molecular formula is C16H19IN2O2. The summed E-state index contributed by atoms with van der Waals surface area (Å²) in [6.45, 7) is 8.74. The maximum Gasteiger partial charge on any atom is 0.264 e. The first-order chi connectivity index (χ1) is 9.82. The Bertz CT molecular complexity index is 685. The van der Waals surface area contributed by atoms with Gasteiger partial charge in [0.25, 0.3) is 5.56 Å². The number of ether oxygens (including phenoxy) is 1. The predicted octanol–water partition coefficient (Wildman–Crippen LogP) is 3.74. The monoisotopic (exact) mass is 398 g/mol. The number of nitrogens with one attached hydrogen (secondary N) is 1. The normalized spacial score (nSPS) is 11.5. The van der Waals surface area contributed by atoms with Gasteiger partial charge in [0.05, 0.1) is 12.3 Å². The van der Waals surface area contributed by atoms with Gasteiger partial charge in [-0.2, -0.15) is 0 Å². The number of aromatic amines is 1. The summed E-state index contributed by atoms with van der Waals surface area (Å²) in [7, 11) is 0. The number of nitrogens with zero attached hydrogens (tertiary/aromatic N) is 1. The number of hydrogen-bond donors (Lipinski definition) is 1. The molecule has 1 aromatic carbocycles. The van der Waals surface area contributed by atoms with E-state index < -0.39 is 0 Å². The minimum atomic E-state index is -0.176. The van der Waals surface area contributed by atoms with Crippen molar-refractivity contribution >= 4 is 22.6 Å². The van der Waals surface area contributed by atoms with Crippen molar-refractivity contribution in [1.29, 1.82) is 0 Å². The fourth-order valence-electron chi connectivity index (χ4n) is 1.97. The zero-order valence-corrected chi connectivity index (χ0v) is 14.8. The number of hydrogen-bond acceptors (Lipinski definition) is 3. The van der Waals surface area contributed by atoms with Crippen LogP contribution < -0.4 is 10.3 Å². The third-order valence-electron chi connectivity index (χ3n) is 3.01. The second kappa shape index (κ2) is 6.17. The molecule has 0 radical (unpaired) electrons. The van der Waals surface area contributed by atoms with E-state index in [0.29, 0.717) is 16.0 Å². The fraction of sp³-hybridized carbons (Fsp3) is 0.375. The molecule has 0 spiro atoms. The average molecular weight is 398 g/mol. The van der Waals surface area contributed by atoms with Crippen LogP contribution in [-0.4, -0.2) is 16.6 Å². The van der Waals surface area contributed by atoms with E-state index in [-0.39, 0.29) is 11.0 Å². The molecule has 0 atom stereocenters. The largest absolute Gasteiger partial charge is 0.494 e. The molecular weight excluding hydrogens is 379 g/mol. The van der Waals surface area contributed by atoms with Crippen LogP contribution in [0.25, 0.3) is 11.4 Å². The standard InChI is InChI=1S/C16H19IN2O2/c1-5-21-11-8-6-10(7-9-11)14-18-13(16(2,3)4)12(17)15(20)19-14/h6-9H,5H2,1-4H3,(H,18,19,20). The topological polar surface area (TPSA) is 55.0 Å². The van der Waals surface area contributed by atoms with Gasteiger partial charge in [0.2, 0.25) is 0 Å². The van der Waals surface area contributed by atoms with Crippen molar-refractivity contribution in [2.75, 3.05) is 6.61 Å². The zero-order valence-electron chi connectivity index (χ0n) is 12.7. The van der Waals surface area contributed by atoms with Crippen molar-refractivity contribution in [3.8, 4) is 17.1 Å². The molecule has 0 saturated heterocycles. The highest BCUT2D eigenvalue weighted by Gasteiger charge is 2.22. The lowest BCUT2D eigenvalue weighted by Gasteiger charge is -2.19. The van der Waals surface area contributed by atoms with Gasteiger partial charge in [-0.15, -0.1) is 0 Å². The van der Waals surface area contributed by atoms with Crippen molar-refractivity contribution in [3.63, 3.8) is 0 Å². The molecule has 1 aromatic heterocycles. The molecule has 0 aliphatic carbocycles. The third kappa shape index (κ3) is 3.64. The number of rotatable bonds is 3. The zero-order chi connectivity index (χ0) is 15.6. The van der Waals surface area contributed by atoms with E-state index in [0.717, 1.165) is 17.0 Å². The van der Waals surface area contributed by atoms with E-state index in [9.17, 15) is 4.79 Å². The SMILES string of the molecule is CCOc1ccc(-c2nc(C(C)(C)C)c(I)c(=O)[nH]2)cc1. The molecule has 4 nitrogen and oxygen atoms in total. The van der Waals surface area contributed by atoms with Crippen molar-refractivity contribution < 1.29 is 4.74 Å². The Morgan fingerprint density at radius 2 is 1.86 bits per heavy atom. The first kappa shape index (κ1) is 16.0. The van der Waals surface area contributed by atoms with Gasteiger partial charge in [-0.1, -0.05) is 20.8 Å². The number of H-pyrrole nitrogens is 1. The molecule has 21 heavy (non-hydrogen) atoms. The van der Waals surface area contributed by atoms with Gasteiger partial charge in [-0.3, -0.25) is 4.79 Å². The van der Waals surface area contributed by atoms with E-state index in [1.54, 1.807) is 0 Å². The minimum Gasteiger partial charge on any atom is -0.494 e. The Kier molecular flexibility index (Phi) is 4.70. The number of benzene rings is 1.